The second-order valence-electron chi connectivity index (χ2n) is 3.65. The first-order valence-corrected chi connectivity index (χ1v) is 6.64. The Morgan fingerprint density at radius 1 is 1.40 bits per heavy atom. The maximum atomic E-state index is 5.79. The molecule has 0 spiro atoms. The molecule has 1 aliphatic rings. The fourth-order valence-corrected chi connectivity index (χ4v) is 1.94. The first-order valence-electron chi connectivity index (χ1n) is 5.42. The maximum absolute atomic E-state index is 5.79. The molecule has 0 aliphatic carbocycles. The van der Waals surface area contributed by atoms with Crippen LogP contribution in [0.1, 0.15) is 25.8 Å². The van der Waals surface area contributed by atoms with Gasteiger partial charge in [-0.15, -0.1) is 11.8 Å². The van der Waals surface area contributed by atoms with Gasteiger partial charge in [0.05, 0.1) is 5.69 Å². The van der Waals surface area contributed by atoms with Gasteiger partial charge in [-0.1, -0.05) is 26.3 Å². The number of anilines is 1. The summed E-state index contributed by atoms with van der Waals surface area (Å²) in [7, 11) is 0. The summed E-state index contributed by atoms with van der Waals surface area (Å²) >= 11 is 1.75. The van der Waals surface area contributed by atoms with Crippen LogP contribution in [0.15, 0.2) is 23.1 Å². The molecule has 0 aromatic heterocycles. The normalized spacial score (nSPS) is 13.2. The standard InChI is InChI=1S/C9H12N2S.C3H8/c1-12-8-3-2-7-4-5-11(10)9(7)6-8;1-3-2/h2-3,6H,4-5,10H2,1H3;3H2,1-2H3. The molecule has 2 N–H and O–H groups in total. The number of benzene rings is 1. The van der Waals surface area contributed by atoms with Crippen LogP contribution in [0.5, 0.6) is 0 Å². The van der Waals surface area contributed by atoms with Crippen molar-refractivity contribution in [1.29, 1.82) is 0 Å². The van der Waals surface area contributed by atoms with E-state index in [0.717, 1.165) is 13.0 Å². The summed E-state index contributed by atoms with van der Waals surface area (Å²) < 4.78 is 0. The molecule has 0 unspecified atom stereocenters. The molecule has 1 aromatic carbocycles. The van der Waals surface area contributed by atoms with Crippen LogP contribution in [-0.4, -0.2) is 12.8 Å². The largest absolute Gasteiger partial charge is 0.310 e. The molecule has 0 fully saturated rings. The van der Waals surface area contributed by atoms with Gasteiger partial charge in [0.25, 0.3) is 0 Å². The number of thioether (sulfide) groups is 1. The molecule has 84 valence electrons. The van der Waals surface area contributed by atoms with E-state index in [1.807, 2.05) is 5.01 Å². The minimum Gasteiger partial charge on any atom is -0.310 e. The van der Waals surface area contributed by atoms with Crippen molar-refractivity contribution < 1.29 is 0 Å². The molecule has 1 aromatic rings. The van der Waals surface area contributed by atoms with E-state index in [0.29, 0.717) is 0 Å². The summed E-state index contributed by atoms with van der Waals surface area (Å²) in [5, 5.41) is 1.83. The number of nitrogens with two attached hydrogens (primary N) is 1. The molecule has 1 aliphatic heterocycles. The summed E-state index contributed by atoms with van der Waals surface area (Å²) in [5.74, 6) is 5.79. The maximum Gasteiger partial charge on any atom is 0.0561 e. The van der Waals surface area contributed by atoms with Gasteiger partial charge in [-0.3, -0.25) is 0 Å². The smallest absolute Gasteiger partial charge is 0.0561 e. The molecule has 0 radical (unpaired) electrons. The Labute approximate surface area is 96.8 Å². The van der Waals surface area contributed by atoms with Crippen molar-refractivity contribution in [3.8, 4) is 0 Å². The molecule has 3 heteroatoms. The second kappa shape index (κ2) is 6.03. The summed E-state index contributed by atoms with van der Waals surface area (Å²) in [6.07, 6.45) is 4.41. The van der Waals surface area contributed by atoms with Crippen molar-refractivity contribution in [2.75, 3.05) is 17.8 Å². The number of hydrogen-bond acceptors (Lipinski definition) is 3. The highest BCUT2D eigenvalue weighted by Crippen LogP contribution is 2.29. The van der Waals surface area contributed by atoms with Crippen molar-refractivity contribution in [3.63, 3.8) is 0 Å². The van der Waals surface area contributed by atoms with Gasteiger partial charge in [0, 0.05) is 11.4 Å². The predicted molar refractivity (Wildman–Crippen MR) is 69.4 cm³/mol. The van der Waals surface area contributed by atoms with Gasteiger partial charge in [0.2, 0.25) is 0 Å². The second-order valence-corrected chi connectivity index (χ2v) is 4.52. The van der Waals surface area contributed by atoms with Gasteiger partial charge < -0.3 is 5.01 Å². The lowest BCUT2D eigenvalue weighted by Gasteiger charge is -2.11. The molecule has 15 heavy (non-hydrogen) atoms. The van der Waals surface area contributed by atoms with Crippen molar-refractivity contribution in [1.82, 2.24) is 0 Å². The molecule has 2 rings (SSSR count). The molecule has 0 saturated carbocycles. The number of nitrogens with zero attached hydrogens (tertiary/aromatic N) is 1. The van der Waals surface area contributed by atoms with Gasteiger partial charge in [-0.25, -0.2) is 5.84 Å². The summed E-state index contributed by atoms with van der Waals surface area (Å²) in [4.78, 5) is 1.28. The SMILES string of the molecule is CCC.CSc1ccc2c(c1)N(N)CC2. The van der Waals surface area contributed by atoms with Gasteiger partial charge in [0.1, 0.15) is 0 Å². The Bertz CT molecular complexity index is 312. The van der Waals surface area contributed by atoms with Gasteiger partial charge in [-0.2, -0.15) is 0 Å². The number of hydrazine groups is 1. The van der Waals surface area contributed by atoms with Crippen molar-refractivity contribution >= 4 is 17.4 Å². The van der Waals surface area contributed by atoms with E-state index in [1.165, 1.54) is 22.6 Å². The first kappa shape index (κ1) is 12.4. The molecule has 2 nitrogen and oxygen atoms in total. The van der Waals surface area contributed by atoms with Gasteiger partial charge in [0.15, 0.2) is 0 Å². The zero-order valence-electron chi connectivity index (χ0n) is 9.79. The van der Waals surface area contributed by atoms with Gasteiger partial charge >= 0.3 is 0 Å². The van der Waals surface area contributed by atoms with Crippen LogP contribution < -0.4 is 10.9 Å². The van der Waals surface area contributed by atoms with Crippen LogP contribution in [0.25, 0.3) is 0 Å². The van der Waals surface area contributed by atoms with E-state index in [9.17, 15) is 0 Å². The third kappa shape index (κ3) is 3.14. The van der Waals surface area contributed by atoms with Crippen LogP contribution in [0, 0.1) is 0 Å². The molecular formula is C12H20N2S. The average molecular weight is 224 g/mol. The van der Waals surface area contributed by atoms with Gasteiger partial charge in [-0.05, 0) is 30.4 Å². The van der Waals surface area contributed by atoms with Crippen molar-refractivity contribution in [2.24, 2.45) is 5.84 Å². The summed E-state index contributed by atoms with van der Waals surface area (Å²) in [6, 6.07) is 6.49. The molecule has 0 bridgehead atoms. The Morgan fingerprint density at radius 2 is 2.07 bits per heavy atom. The molecule has 0 amide bonds. The van der Waals surface area contributed by atoms with Crippen LogP contribution in [-0.2, 0) is 6.42 Å². The fourth-order valence-electron chi connectivity index (χ4n) is 1.51. The van der Waals surface area contributed by atoms with Crippen LogP contribution >= 0.6 is 11.8 Å². The van der Waals surface area contributed by atoms with Crippen LogP contribution in [0.4, 0.5) is 5.69 Å². The Morgan fingerprint density at radius 3 is 2.67 bits per heavy atom. The number of fused-ring (bicyclic) bond motifs is 1. The molecular weight excluding hydrogens is 204 g/mol. The Hall–Kier alpha value is -0.670. The quantitative estimate of drug-likeness (QED) is 0.587. The highest BCUT2D eigenvalue weighted by Gasteiger charge is 2.15. The zero-order chi connectivity index (χ0) is 11.3. The zero-order valence-corrected chi connectivity index (χ0v) is 10.6. The van der Waals surface area contributed by atoms with Crippen molar-refractivity contribution in [3.05, 3.63) is 23.8 Å². The highest BCUT2D eigenvalue weighted by molar-refractivity contribution is 7.98. The minimum absolute atomic E-state index is 0.952. The monoisotopic (exact) mass is 224 g/mol. The third-order valence-corrected chi connectivity index (χ3v) is 2.95. The summed E-state index contributed by atoms with van der Waals surface area (Å²) in [5.41, 5.74) is 2.57. The minimum atomic E-state index is 0.952. The molecule has 1 heterocycles. The van der Waals surface area contributed by atoms with E-state index in [1.54, 1.807) is 11.8 Å². The van der Waals surface area contributed by atoms with Crippen LogP contribution in [0.3, 0.4) is 0 Å². The molecule has 0 saturated heterocycles. The predicted octanol–water partition coefficient (Wildman–Crippen LogP) is 3.06. The topological polar surface area (TPSA) is 29.3 Å². The Kier molecular flexibility index (Phi) is 4.99. The van der Waals surface area contributed by atoms with E-state index in [-0.39, 0.29) is 0 Å². The van der Waals surface area contributed by atoms with Crippen LogP contribution in [0.2, 0.25) is 0 Å². The van der Waals surface area contributed by atoms with Crippen molar-refractivity contribution in [2.45, 2.75) is 31.6 Å². The molecule has 0 atom stereocenters. The lowest BCUT2D eigenvalue weighted by molar-refractivity contribution is 0.891. The van der Waals surface area contributed by atoms with E-state index < -0.39 is 0 Å². The Balaban J connectivity index is 0.000000337. The number of hydrogen-bond donors (Lipinski definition) is 1. The lowest BCUT2D eigenvalue weighted by Crippen LogP contribution is -2.28. The average Bonchev–Trinajstić information content (AvgIpc) is 2.61. The first-order chi connectivity index (χ1) is 7.22. The highest BCUT2D eigenvalue weighted by atomic mass is 32.2. The van der Waals surface area contributed by atoms with E-state index in [2.05, 4.69) is 38.3 Å². The third-order valence-electron chi connectivity index (χ3n) is 2.22. The van der Waals surface area contributed by atoms with E-state index in [4.69, 9.17) is 5.84 Å². The fraction of sp³-hybridized carbons (Fsp3) is 0.500. The van der Waals surface area contributed by atoms with E-state index >= 15 is 0 Å². The summed E-state index contributed by atoms with van der Waals surface area (Å²) in [6.45, 7) is 5.20. The lowest BCUT2D eigenvalue weighted by atomic mass is 10.2. The number of rotatable bonds is 1.